The number of hydrogen-bond donors (Lipinski definition) is 2. The van der Waals surface area contributed by atoms with E-state index in [4.69, 9.17) is 15.6 Å². The first-order chi connectivity index (χ1) is 9.63. The summed E-state index contributed by atoms with van der Waals surface area (Å²) in [7, 11) is 0. The van der Waals surface area contributed by atoms with Gasteiger partial charge in [-0.1, -0.05) is 12.1 Å². The topological polar surface area (TPSA) is 75.8 Å². The first-order valence-corrected chi connectivity index (χ1v) is 7.00. The van der Waals surface area contributed by atoms with Crippen LogP contribution in [0, 0.1) is 6.92 Å². The minimum atomic E-state index is -0.00759. The Kier molecular flexibility index (Phi) is 4.98. The molecule has 1 aromatic rings. The van der Waals surface area contributed by atoms with Gasteiger partial charge in [0.15, 0.2) is 0 Å². The second-order valence-corrected chi connectivity index (χ2v) is 5.12. The monoisotopic (exact) mass is 278 g/mol. The zero-order chi connectivity index (χ0) is 14.5. The predicted octanol–water partition coefficient (Wildman–Crippen LogP) is 1.19. The van der Waals surface area contributed by atoms with Gasteiger partial charge >= 0.3 is 0 Å². The summed E-state index contributed by atoms with van der Waals surface area (Å²) in [4.78, 5) is 14.3. The van der Waals surface area contributed by atoms with Crippen LogP contribution in [0.15, 0.2) is 18.2 Å². The number of hydrogen-bond acceptors (Lipinski definition) is 4. The maximum Gasteiger partial charge on any atom is 0.255 e. The average Bonchev–Trinajstić information content (AvgIpc) is 2.48. The van der Waals surface area contributed by atoms with Gasteiger partial charge in [-0.25, -0.2) is 0 Å². The Morgan fingerprint density at radius 1 is 1.45 bits per heavy atom. The molecular formula is C15H22N2O3. The zero-order valence-corrected chi connectivity index (χ0v) is 11.8. The molecule has 1 amide bonds. The summed E-state index contributed by atoms with van der Waals surface area (Å²) in [5.74, 6) is -0.00759. The van der Waals surface area contributed by atoms with Gasteiger partial charge in [0.2, 0.25) is 0 Å². The number of likely N-dealkylation sites (tertiary alicyclic amines) is 1. The van der Waals surface area contributed by atoms with Crippen LogP contribution in [0.5, 0.6) is 0 Å². The number of piperidine rings is 1. The van der Waals surface area contributed by atoms with E-state index in [9.17, 15) is 4.79 Å². The molecule has 5 nitrogen and oxygen atoms in total. The number of benzene rings is 1. The number of para-hydroxylation sites is 1. The number of carbonyl (C=O) groups excluding carboxylic acids is 1. The van der Waals surface area contributed by atoms with Crippen LogP contribution in [0.1, 0.15) is 28.8 Å². The Morgan fingerprint density at radius 2 is 2.15 bits per heavy atom. The third kappa shape index (κ3) is 3.29. The van der Waals surface area contributed by atoms with Gasteiger partial charge in [0.25, 0.3) is 5.91 Å². The van der Waals surface area contributed by atoms with Gasteiger partial charge in [-0.3, -0.25) is 4.79 Å². The van der Waals surface area contributed by atoms with Gasteiger partial charge in [0.05, 0.1) is 24.9 Å². The van der Waals surface area contributed by atoms with Crippen molar-refractivity contribution in [3.63, 3.8) is 0 Å². The molecule has 0 radical (unpaired) electrons. The number of amides is 1. The summed E-state index contributed by atoms with van der Waals surface area (Å²) in [6.45, 7) is 3.65. The molecule has 110 valence electrons. The number of nitrogen functional groups attached to an aromatic ring is 1. The van der Waals surface area contributed by atoms with Gasteiger partial charge in [-0.2, -0.15) is 0 Å². The highest BCUT2D eigenvalue weighted by molar-refractivity contribution is 5.99. The largest absolute Gasteiger partial charge is 0.398 e. The minimum absolute atomic E-state index is 0.00759. The summed E-state index contributed by atoms with van der Waals surface area (Å²) in [6.07, 6.45) is 1.75. The second kappa shape index (κ2) is 6.72. The minimum Gasteiger partial charge on any atom is -0.398 e. The second-order valence-electron chi connectivity index (χ2n) is 5.12. The number of anilines is 1. The van der Waals surface area contributed by atoms with E-state index in [1.807, 2.05) is 24.0 Å². The summed E-state index contributed by atoms with van der Waals surface area (Å²) in [6, 6.07) is 5.54. The van der Waals surface area contributed by atoms with Crippen molar-refractivity contribution in [2.24, 2.45) is 0 Å². The summed E-state index contributed by atoms with van der Waals surface area (Å²) >= 11 is 0. The number of aliphatic hydroxyl groups excluding tert-OH is 1. The quantitative estimate of drug-likeness (QED) is 0.811. The molecule has 3 N–H and O–H groups in total. The maximum atomic E-state index is 12.5. The zero-order valence-electron chi connectivity index (χ0n) is 11.8. The van der Waals surface area contributed by atoms with E-state index in [0.29, 0.717) is 30.9 Å². The fourth-order valence-corrected chi connectivity index (χ4v) is 2.48. The van der Waals surface area contributed by atoms with E-state index in [2.05, 4.69) is 0 Å². The Hall–Kier alpha value is -1.59. The molecule has 0 aromatic heterocycles. The van der Waals surface area contributed by atoms with Crippen molar-refractivity contribution in [2.45, 2.75) is 25.9 Å². The molecule has 0 saturated carbocycles. The van der Waals surface area contributed by atoms with E-state index in [-0.39, 0.29) is 18.6 Å². The van der Waals surface area contributed by atoms with Crippen LogP contribution in [0.25, 0.3) is 0 Å². The molecule has 0 unspecified atom stereocenters. The van der Waals surface area contributed by atoms with E-state index >= 15 is 0 Å². The molecule has 0 aliphatic carbocycles. The Balaban J connectivity index is 1.96. The van der Waals surface area contributed by atoms with Crippen molar-refractivity contribution >= 4 is 11.6 Å². The van der Waals surface area contributed by atoms with Crippen LogP contribution in [-0.4, -0.2) is 48.3 Å². The van der Waals surface area contributed by atoms with Crippen LogP contribution >= 0.6 is 0 Å². The van der Waals surface area contributed by atoms with Crippen LogP contribution in [0.3, 0.4) is 0 Å². The Labute approximate surface area is 119 Å². The van der Waals surface area contributed by atoms with Gasteiger partial charge in [-0.15, -0.1) is 0 Å². The number of aliphatic hydroxyl groups is 1. The molecule has 2 rings (SSSR count). The van der Waals surface area contributed by atoms with E-state index in [1.165, 1.54) is 0 Å². The van der Waals surface area contributed by atoms with Crippen LogP contribution in [0.2, 0.25) is 0 Å². The molecule has 0 spiro atoms. The van der Waals surface area contributed by atoms with Crippen LogP contribution in [-0.2, 0) is 4.74 Å². The standard InChI is InChI=1S/C15H22N2O3/c1-11-3-2-4-13(14(11)16)15(19)17-7-5-12(6-8-17)20-10-9-18/h2-4,12,18H,5-10,16H2,1H3. The third-order valence-electron chi connectivity index (χ3n) is 3.73. The SMILES string of the molecule is Cc1cccc(C(=O)N2CCC(OCCO)CC2)c1N. The maximum absolute atomic E-state index is 12.5. The van der Waals surface area contributed by atoms with Crippen molar-refractivity contribution in [2.75, 3.05) is 32.0 Å². The Morgan fingerprint density at radius 3 is 2.80 bits per heavy atom. The molecule has 1 saturated heterocycles. The predicted molar refractivity (Wildman–Crippen MR) is 77.6 cm³/mol. The number of rotatable bonds is 4. The number of ether oxygens (including phenoxy) is 1. The third-order valence-corrected chi connectivity index (χ3v) is 3.73. The van der Waals surface area contributed by atoms with Crippen LogP contribution in [0.4, 0.5) is 5.69 Å². The van der Waals surface area contributed by atoms with Gasteiger partial charge in [0.1, 0.15) is 0 Å². The fourth-order valence-electron chi connectivity index (χ4n) is 2.48. The highest BCUT2D eigenvalue weighted by Gasteiger charge is 2.25. The molecule has 1 fully saturated rings. The molecule has 1 heterocycles. The Bertz CT molecular complexity index is 468. The smallest absolute Gasteiger partial charge is 0.255 e. The molecule has 1 aliphatic heterocycles. The molecule has 1 aromatic carbocycles. The number of carbonyl (C=O) groups is 1. The van der Waals surface area contributed by atoms with E-state index < -0.39 is 0 Å². The van der Waals surface area contributed by atoms with Gasteiger partial charge in [0, 0.05) is 18.8 Å². The highest BCUT2D eigenvalue weighted by Crippen LogP contribution is 2.21. The molecular weight excluding hydrogens is 256 g/mol. The van der Waals surface area contributed by atoms with E-state index in [0.717, 1.165) is 18.4 Å². The lowest BCUT2D eigenvalue weighted by Gasteiger charge is -2.32. The first kappa shape index (κ1) is 14.8. The summed E-state index contributed by atoms with van der Waals surface area (Å²) in [5, 5.41) is 8.74. The molecule has 0 atom stereocenters. The van der Waals surface area contributed by atoms with Crippen LogP contribution < -0.4 is 5.73 Å². The number of nitrogens with two attached hydrogens (primary N) is 1. The molecule has 0 bridgehead atoms. The first-order valence-electron chi connectivity index (χ1n) is 7.00. The normalized spacial score (nSPS) is 16.4. The van der Waals surface area contributed by atoms with Crippen molar-refractivity contribution in [1.82, 2.24) is 4.90 Å². The molecule has 5 heteroatoms. The number of nitrogens with zero attached hydrogens (tertiary/aromatic N) is 1. The average molecular weight is 278 g/mol. The lowest BCUT2D eigenvalue weighted by molar-refractivity contribution is -0.00552. The van der Waals surface area contributed by atoms with Crippen molar-refractivity contribution in [3.8, 4) is 0 Å². The van der Waals surface area contributed by atoms with Gasteiger partial charge < -0.3 is 20.5 Å². The molecule has 20 heavy (non-hydrogen) atoms. The fraction of sp³-hybridized carbons (Fsp3) is 0.533. The van der Waals surface area contributed by atoms with E-state index in [1.54, 1.807) is 6.07 Å². The molecule has 1 aliphatic rings. The summed E-state index contributed by atoms with van der Waals surface area (Å²) in [5.41, 5.74) is 8.06. The lowest BCUT2D eigenvalue weighted by Crippen LogP contribution is -2.41. The van der Waals surface area contributed by atoms with Gasteiger partial charge in [-0.05, 0) is 31.4 Å². The highest BCUT2D eigenvalue weighted by atomic mass is 16.5. The van der Waals surface area contributed by atoms with Crippen molar-refractivity contribution in [3.05, 3.63) is 29.3 Å². The van der Waals surface area contributed by atoms with Crippen molar-refractivity contribution < 1.29 is 14.6 Å². The number of aryl methyl sites for hydroxylation is 1. The lowest BCUT2D eigenvalue weighted by atomic mass is 10.0. The summed E-state index contributed by atoms with van der Waals surface area (Å²) < 4.78 is 5.50. The van der Waals surface area contributed by atoms with Crippen molar-refractivity contribution in [1.29, 1.82) is 0 Å².